The van der Waals surface area contributed by atoms with E-state index in [9.17, 15) is 5.11 Å². The van der Waals surface area contributed by atoms with E-state index in [1.54, 1.807) is 14.2 Å². The maximum Gasteiger partial charge on any atom is 0.0650 e. The van der Waals surface area contributed by atoms with Crippen LogP contribution in [0.5, 0.6) is 0 Å². The molecule has 0 bridgehead atoms. The highest BCUT2D eigenvalue weighted by Gasteiger charge is 2.42. The van der Waals surface area contributed by atoms with Gasteiger partial charge in [-0.1, -0.05) is 0 Å². The molecule has 1 unspecified atom stereocenters. The van der Waals surface area contributed by atoms with Crippen LogP contribution in [0.4, 0.5) is 0 Å². The second kappa shape index (κ2) is 4.91. The molecule has 4 heteroatoms. The molecule has 2 N–H and O–H groups in total. The third-order valence-corrected chi connectivity index (χ3v) is 2.87. The Morgan fingerprint density at radius 1 is 1.31 bits per heavy atom. The molecule has 13 heavy (non-hydrogen) atoms. The van der Waals surface area contributed by atoms with Gasteiger partial charge in [0, 0.05) is 39.1 Å². The number of hydrogen-bond acceptors (Lipinski definition) is 4. The molecule has 1 fully saturated rings. The van der Waals surface area contributed by atoms with E-state index >= 15 is 0 Å². The molecule has 0 spiro atoms. The van der Waals surface area contributed by atoms with E-state index in [0.29, 0.717) is 13.0 Å². The van der Waals surface area contributed by atoms with Gasteiger partial charge in [0.05, 0.1) is 18.8 Å². The highest BCUT2D eigenvalue weighted by atomic mass is 16.5. The third-order valence-electron chi connectivity index (χ3n) is 2.87. The first-order chi connectivity index (χ1) is 6.24. The van der Waals surface area contributed by atoms with E-state index < -0.39 is 6.10 Å². The maximum absolute atomic E-state index is 9.59. The van der Waals surface area contributed by atoms with Crippen molar-refractivity contribution in [3.63, 3.8) is 0 Å². The summed E-state index contributed by atoms with van der Waals surface area (Å²) >= 11 is 0. The Morgan fingerprint density at radius 3 is 2.46 bits per heavy atom. The number of ether oxygens (including phenoxy) is 2. The van der Waals surface area contributed by atoms with Crippen LogP contribution in [0, 0.1) is 11.8 Å². The Kier molecular flexibility index (Phi) is 4.12. The first kappa shape index (κ1) is 10.9. The van der Waals surface area contributed by atoms with Gasteiger partial charge in [0.1, 0.15) is 0 Å². The summed E-state index contributed by atoms with van der Waals surface area (Å²) in [6, 6.07) is 0. The van der Waals surface area contributed by atoms with Crippen LogP contribution in [0.1, 0.15) is 6.42 Å². The lowest BCUT2D eigenvalue weighted by Crippen LogP contribution is -2.29. The Labute approximate surface area is 78.5 Å². The summed E-state index contributed by atoms with van der Waals surface area (Å²) < 4.78 is 10.3. The molecule has 0 heterocycles. The van der Waals surface area contributed by atoms with Crippen molar-refractivity contribution in [1.29, 1.82) is 0 Å². The minimum absolute atomic E-state index is 0.00491. The topological polar surface area (TPSA) is 58.9 Å². The predicted molar refractivity (Wildman–Crippen MR) is 47.4 cm³/mol. The Hall–Kier alpha value is -0.160. The molecule has 1 saturated carbocycles. The van der Waals surface area contributed by atoms with Crippen molar-refractivity contribution in [2.45, 2.75) is 18.6 Å². The van der Waals surface area contributed by atoms with Crippen molar-refractivity contribution < 1.29 is 19.7 Å². The average Bonchev–Trinajstić information content (AvgIpc) is 2.43. The lowest BCUT2D eigenvalue weighted by atomic mass is 9.95. The number of rotatable bonds is 4. The first-order valence-electron chi connectivity index (χ1n) is 4.55. The Morgan fingerprint density at radius 2 is 2.00 bits per heavy atom. The van der Waals surface area contributed by atoms with E-state index in [4.69, 9.17) is 14.6 Å². The van der Waals surface area contributed by atoms with Crippen LogP contribution in [0.15, 0.2) is 0 Å². The second-order valence-corrected chi connectivity index (χ2v) is 3.54. The average molecular weight is 190 g/mol. The van der Waals surface area contributed by atoms with Crippen molar-refractivity contribution in [3.8, 4) is 0 Å². The standard InChI is InChI=1S/C9H18O4/c1-12-5-7-6(4-10)8(11)3-9(7)13-2/h6-11H,3-5H2,1-2H3/t6?,7-,8+,9-/m0/s1. The lowest BCUT2D eigenvalue weighted by Gasteiger charge is -2.22. The van der Waals surface area contributed by atoms with Crippen LogP contribution in [-0.4, -0.2) is 49.9 Å². The highest BCUT2D eigenvalue weighted by Crippen LogP contribution is 2.34. The fourth-order valence-electron chi connectivity index (χ4n) is 2.10. The highest BCUT2D eigenvalue weighted by molar-refractivity contribution is 4.91. The van der Waals surface area contributed by atoms with Gasteiger partial charge in [-0.25, -0.2) is 0 Å². The molecular weight excluding hydrogens is 172 g/mol. The smallest absolute Gasteiger partial charge is 0.0650 e. The Bertz CT molecular complexity index is 151. The quantitative estimate of drug-likeness (QED) is 0.635. The van der Waals surface area contributed by atoms with Crippen LogP contribution in [0.3, 0.4) is 0 Å². The van der Waals surface area contributed by atoms with Gasteiger partial charge in [-0.2, -0.15) is 0 Å². The summed E-state index contributed by atoms with van der Waals surface area (Å²) in [7, 11) is 3.24. The summed E-state index contributed by atoms with van der Waals surface area (Å²) in [5.74, 6) is -0.0000926. The molecule has 0 aromatic heterocycles. The summed E-state index contributed by atoms with van der Waals surface area (Å²) in [4.78, 5) is 0. The summed E-state index contributed by atoms with van der Waals surface area (Å²) in [5, 5.41) is 18.7. The van der Waals surface area contributed by atoms with Crippen molar-refractivity contribution in [2.75, 3.05) is 27.4 Å². The molecule has 0 amide bonds. The van der Waals surface area contributed by atoms with Gasteiger partial charge in [-0.15, -0.1) is 0 Å². The van der Waals surface area contributed by atoms with E-state index in [2.05, 4.69) is 0 Å². The lowest BCUT2D eigenvalue weighted by molar-refractivity contribution is 0.00583. The molecule has 0 aromatic rings. The molecule has 1 aliphatic rings. The van der Waals surface area contributed by atoms with Gasteiger partial charge in [0.2, 0.25) is 0 Å². The van der Waals surface area contributed by atoms with Crippen LogP contribution < -0.4 is 0 Å². The first-order valence-corrected chi connectivity index (χ1v) is 4.55. The van der Waals surface area contributed by atoms with Crippen molar-refractivity contribution in [3.05, 3.63) is 0 Å². The zero-order valence-electron chi connectivity index (χ0n) is 8.14. The molecule has 0 aliphatic heterocycles. The molecule has 4 atom stereocenters. The van der Waals surface area contributed by atoms with E-state index in [1.807, 2.05) is 0 Å². The predicted octanol–water partition coefficient (Wildman–Crippen LogP) is -0.363. The van der Waals surface area contributed by atoms with Crippen LogP contribution in [-0.2, 0) is 9.47 Å². The van der Waals surface area contributed by atoms with Crippen LogP contribution >= 0.6 is 0 Å². The number of aliphatic hydroxyl groups is 2. The van der Waals surface area contributed by atoms with E-state index in [1.165, 1.54) is 0 Å². The normalized spacial score (nSPS) is 39.7. The molecule has 4 nitrogen and oxygen atoms in total. The van der Waals surface area contributed by atoms with Gasteiger partial charge in [0.15, 0.2) is 0 Å². The molecule has 0 aromatic carbocycles. The number of methoxy groups -OCH3 is 2. The van der Waals surface area contributed by atoms with Gasteiger partial charge >= 0.3 is 0 Å². The summed E-state index contributed by atoms with van der Waals surface area (Å²) in [5.41, 5.74) is 0. The van der Waals surface area contributed by atoms with E-state index in [-0.39, 0.29) is 24.5 Å². The third kappa shape index (κ3) is 2.20. The molecule has 78 valence electrons. The van der Waals surface area contributed by atoms with Crippen LogP contribution in [0.2, 0.25) is 0 Å². The molecule has 1 aliphatic carbocycles. The molecule has 0 saturated heterocycles. The van der Waals surface area contributed by atoms with Gasteiger partial charge in [-0.05, 0) is 0 Å². The summed E-state index contributed by atoms with van der Waals surface area (Å²) in [6.07, 6.45) is 0.137. The zero-order chi connectivity index (χ0) is 9.84. The number of hydrogen-bond donors (Lipinski definition) is 2. The van der Waals surface area contributed by atoms with E-state index in [0.717, 1.165) is 0 Å². The zero-order valence-corrected chi connectivity index (χ0v) is 8.14. The molecule has 0 radical (unpaired) electrons. The fraction of sp³-hybridized carbons (Fsp3) is 1.00. The van der Waals surface area contributed by atoms with Crippen LogP contribution in [0.25, 0.3) is 0 Å². The largest absolute Gasteiger partial charge is 0.396 e. The molecule has 1 rings (SSSR count). The fourth-order valence-corrected chi connectivity index (χ4v) is 2.10. The minimum atomic E-state index is -0.463. The SMILES string of the molecule is COC[C@H]1C(CO)[C@H](O)C[C@@H]1OC. The maximum atomic E-state index is 9.59. The van der Waals surface area contributed by atoms with Gasteiger partial charge in [0.25, 0.3) is 0 Å². The molecular formula is C9H18O4. The second-order valence-electron chi connectivity index (χ2n) is 3.54. The van der Waals surface area contributed by atoms with Crippen molar-refractivity contribution in [1.82, 2.24) is 0 Å². The van der Waals surface area contributed by atoms with Gasteiger partial charge in [-0.3, -0.25) is 0 Å². The Balaban J connectivity index is 2.60. The number of aliphatic hydroxyl groups excluding tert-OH is 2. The van der Waals surface area contributed by atoms with Crippen molar-refractivity contribution in [2.24, 2.45) is 11.8 Å². The monoisotopic (exact) mass is 190 g/mol. The minimum Gasteiger partial charge on any atom is -0.396 e. The van der Waals surface area contributed by atoms with Gasteiger partial charge < -0.3 is 19.7 Å². The summed E-state index contributed by atoms with van der Waals surface area (Å²) in [6.45, 7) is 0.524. The van der Waals surface area contributed by atoms with Crippen molar-refractivity contribution >= 4 is 0 Å².